The smallest absolute Gasteiger partial charge is 0.346 e. The van der Waals surface area contributed by atoms with E-state index in [0.29, 0.717) is 0 Å². The molecule has 1 heterocycles. The Morgan fingerprint density at radius 2 is 2.27 bits per heavy atom. The van der Waals surface area contributed by atoms with E-state index in [4.69, 9.17) is 9.47 Å². The van der Waals surface area contributed by atoms with E-state index in [1.54, 1.807) is 5.32 Å². The molecule has 88 valence electrons. The molecule has 1 saturated heterocycles. The average molecular weight is 229 g/mol. The fourth-order valence-corrected chi connectivity index (χ4v) is 0.959. The Bertz CT molecular complexity index is 233. The van der Waals surface area contributed by atoms with Gasteiger partial charge in [0.2, 0.25) is 0 Å². The molecule has 0 aromatic carbocycles. The van der Waals surface area contributed by atoms with E-state index in [-0.39, 0.29) is 13.2 Å². The Kier molecular flexibility index (Phi) is 3.89. The van der Waals surface area contributed by atoms with Crippen LogP contribution in [0.1, 0.15) is 0 Å². The highest BCUT2D eigenvalue weighted by Crippen LogP contribution is 2.15. The molecule has 2 atom stereocenters. The number of alkyl halides is 3. The van der Waals surface area contributed by atoms with Gasteiger partial charge in [-0.15, -0.1) is 0 Å². The molecule has 0 radical (unpaired) electrons. The Balaban J connectivity index is 2.24. The van der Waals surface area contributed by atoms with E-state index in [9.17, 15) is 18.0 Å². The van der Waals surface area contributed by atoms with Crippen LogP contribution in [0.5, 0.6) is 0 Å². The minimum absolute atomic E-state index is 0.0800. The molecule has 15 heavy (non-hydrogen) atoms. The summed E-state index contributed by atoms with van der Waals surface area (Å²) in [6, 6.07) is 0. The first-order valence-corrected chi connectivity index (χ1v) is 4.08. The van der Waals surface area contributed by atoms with Crippen LogP contribution in [0.3, 0.4) is 0 Å². The van der Waals surface area contributed by atoms with Crippen LogP contribution >= 0.6 is 0 Å². The van der Waals surface area contributed by atoms with Gasteiger partial charge in [0, 0.05) is 13.7 Å². The first kappa shape index (κ1) is 12.2. The molecule has 5 nitrogen and oxygen atoms in total. The van der Waals surface area contributed by atoms with Crippen LogP contribution in [0, 0.1) is 0 Å². The zero-order chi connectivity index (χ0) is 11.5. The number of rotatable bonds is 3. The van der Waals surface area contributed by atoms with Gasteiger partial charge in [-0.2, -0.15) is 13.2 Å². The molecule has 2 unspecified atom stereocenters. The monoisotopic (exact) mass is 229 g/mol. The van der Waals surface area contributed by atoms with Gasteiger partial charge >= 0.3 is 12.1 Å². The Morgan fingerprint density at radius 1 is 1.60 bits per heavy atom. The summed E-state index contributed by atoms with van der Waals surface area (Å²) >= 11 is 0. The highest BCUT2D eigenvalue weighted by Gasteiger charge is 2.39. The largest absolute Gasteiger partial charge is 0.471 e. The van der Waals surface area contributed by atoms with Crippen LogP contribution in [0.4, 0.5) is 13.2 Å². The molecule has 8 heteroatoms. The van der Waals surface area contributed by atoms with E-state index in [2.05, 4.69) is 4.74 Å². The van der Waals surface area contributed by atoms with Crippen LogP contribution in [0.25, 0.3) is 0 Å². The summed E-state index contributed by atoms with van der Waals surface area (Å²) in [5.41, 5.74) is 0. The third-order valence-corrected chi connectivity index (χ3v) is 1.66. The van der Waals surface area contributed by atoms with Gasteiger partial charge in [0.15, 0.2) is 0 Å². The molecule has 0 aromatic rings. The normalized spacial score (nSPS) is 26.7. The number of carbonyl (C=O) groups excluding carboxylic acids is 1. The van der Waals surface area contributed by atoms with E-state index in [1.165, 1.54) is 7.11 Å². The van der Waals surface area contributed by atoms with Crippen molar-refractivity contribution in [3.05, 3.63) is 0 Å². The molecule has 0 spiro atoms. The van der Waals surface area contributed by atoms with Gasteiger partial charge in [0.25, 0.3) is 6.48 Å². The molecular weight excluding hydrogens is 219 g/mol. The average Bonchev–Trinajstić information content (AvgIpc) is 2.60. The van der Waals surface area contributed by atoms with E-state index >= 15 is 0 Å². The van der Waals surface area contributed by atoms with Crippen LogP contribution in [0.2, 0.25) is 0 Å². The number of ether oxygens (including phenoxy) is 3. The summed E-state index contributed by atoms with van der Waals surface area (Å²) < 4.78 is 49.7. The maximum Gasteiger partial charge on any atom is 0.471 e. The predicted molar refractivity (Wildman–Crippen MR) is 40.7 cm³/mol. The van der Waals surface area contributed by atoms with Crippen LogP contribution in [-0.4, -0.2) is 44.9 Å². The first-order chi connectivity index (χ1) is 6.93. The lowest BCUT2D eigenvalue weighted by Crippen LogP contribution is -2.41. The van der Waals surface area contributed by atoms with Gasteiger partial charge in [0.05, 0.1) is 6.61 Å². The Morgan fingerprint density at radius 3 is 2.73 bits per heavy atom. The van der Waals surface area contributed by atoms with Gasteiger partial charge in [-0.05, 0) is 0 Å². The lowest BCUT2D eigenvalue weighted by Gasteiger charge is -2.11. The molecule has 0 aromatic heterocycles. The summed E-state index contributed by atoms with van der Waals surface area (Å²) in [5, 5.41) is 1.68. The molecule has 1 aliphatic heterocycles. The van der Waals surface area contributed by atoms with Crippen molar-refractivity contribution in [2.75, 3.05) is 20.3 Å². The minimum atomic E-state index is -4.87. The highest BCUT2D eigenvalue weighted by molar-refractivity contribution is 5.81. The summed E-state index contributed by atoms with van der Waals surface area (Å²) in [5.74, 6) is -1.99. The Hall–Kier alpha value is -0.860. The predicted octanol–water partition coefficient (Wildman–Crippen LogP) is 0.0103. The Labute approximate surface area is 83.5 Å². The van der Waals surface area contributed by atoms with Gasteiger partial charge in [-0.3, -0.25) is 4.79 Å². The molecule has 1 N–H and O–H groups in total. The van der Waals surface area contributed by atoms with E-state index in [1.807, 2.05) is 0 Å². The lowest BCUT2D eigenvalue weighted by molar-refractivity contribution is -0.222. The fraction of sp³-hybridized carbons (Fsp3) is 0.857. The number of nitrogens with one attached hydrogen (secondary N) is 1. The van der Waals surface area contributed by atoms with Crippen molar-refractivity contribution >= 4 is 5.91 Å². The number of carbonyl (C=O) groups is 1. The molecule has 0 bridgehead atoms. The molecule has 1 rings (SSSR count). The molecule has 1 fully saturated rings. The number of hydrogen-bond acceptors (Lipinski definition) is 4. The lowest BCUT2D eigenvalue weighted by atomic mass is 10.4. The zero-order valence-electron chi connectivity index (χ0n) is 7.84. The standard InChI is InChI=1S/C7H10F3NO4/c1-13-6-14-3-4(15-6)2-11-5(12)7(8,9)10/h4,6H,2-3H2,1H3,(H,11,12). The van der Waals surface area contributed by atoms with Crippen LogP contribution in [-0.2, 0) is 19.0 Å². The first-order valence-electron chi connectivity index (χ1n) is 4.08. The summed E-state index contributed by atoms with van der Waals surface area (Å²) in [6.45, 7) is -1.06. The van der Waals surface area contributed by atoms with Gasteiger partial charge in [0.1, 0.15) is 6.10 Å². The van der Waals surface area contributed by atoms with Crippen molar-refractivity contribution < 1.29 is 32.2 Å². The quantitative estimate of drug-likeness (QED) is 0.740. The minimum Gasteiger partial charge on any atom is -0.346 e. The number of halogens is 3. The second kappa shape index (κ2) is 4.77. The maximum atomic E-state index is 11.8. The van der Waals surface area contributed by atoms with Crippen molar-refractivity contribution in [2.45, 2.75) is 18.8 Å². The van der Waals surface area contributed by atoms with Gasteiger partial charge < -0.3 is 19.5 Å². The van der Waals surface area contributed by atoms with Crippen molar-refractivity contribution in [1.29, 1.82) is 0 Å². The number of methoxy groups -OCH3 is 1. The van der Waals surface area contributed by atoms with Crippen molar-refractivity contribution in [2.24, 2.45) is 0 Å². The third kappa shape index (κ3) is 3.65. The second-order valence-corrected chi connectivity index (χ2v) is 2.82. The van der Waals surface area contributed by atoms with Crippen molar-refractivity contribution in [3.8, 4) is 0 Å². The topological polar surface area (TPSA) is 56.8 Å². The maximum absolute atomic E-state index is 11.8. The number of hydrogen-bond donors (Lipinski definition) is 1. The van der Waals surface area contributed by atoms with Gasteiger partial charge in [-0.25, -0.2) is 0 Å². The third-order valence-electron chi connectivity index (χ3n) is 1.66. The molecular formula is C7H10F3NO4. The fourth-order valence-electron chi connectivity index (χ4n) is 0.959. The number of amides is 1. The SMILES string of the molecule is COC1OCC(CNC(=O)C(F)(F)F)O1. The summed E-state index contributed by atoms with van der Waals surface area (Å²) in [4.78, 5) is 10.4. The van der Waals surface area contributed by atoms with Crippen molar-refractivity contribution in [3.63, 3.8) is 0 Å². The summed E-state index contributed by atoms with van der Waals surface area (Å²) in [6.07, 6.45) is -5.50. The van der Waals surface area contributed by atoms with Crippen molar-refractivity contribution in [1.82, 2.24) is 5.32 Å². The summed E-state index contributed by atoms with van der Waals surface area (Å²) in [7, 11) is 1.33. The molecule has 0 saturated carbocycles. The molecule has 1 amide bonds. The van der Waals surface area contributed by atoms with Crippen LogP contribution in [0.15, 0.2) is 0 Å². The van der Waals surface area contributed by atoms with Crippen LogP contribution < -0.4 is 5.32 Å². The molecule has 1 aliphatic rings. The highest BCUT2D eigenvalue weighted by atomic mass is 19.4. The van der Waals surface area contributed by atoms with Gasteiger partial charge in [-0.1, -0.05) is 0 Å². The second-order valence-electron chi connectivity index (χ2n) is 2.82. The van der Waals surface area contributed by atoms with E-state index < -0.39 is 24.7 Å². The molecule has 0 aliphatic carbocycles. The van der Waals surface area contributed by atoms with E-state index in [0.717, 1.165) is 0 Å². The zero-order valence-corrected chi connectivity index (χ0v) is 7.84.